The third-order valence-corrected chi connectivity index (χ3v) is 3.43. The van der Waals surface area contributed by atoms with Crippen molar-refractivity contribution in [3.63, 3.8) is 0 Å². The van der Waals surface area contributed by atoms with Crippen molar-refractivity contribution in [3.8, 4) is 17.1 Å². The second-order valence-corrected chi connectivity index (χ2v) is 5.51. The molecular formula is C17H17F3N2O4. The van der Waals surface area contributed by atoms with Crippen molar-refractivity contribution in [2.24, 2.45) is 0 Å². The number of aromatic nitrogens is 2. The van der Waals surface area contributed by atoms with Gasteiger partial charge < -0.3 is 14.4 Å². The van der Waals surface area contributed by atoms with E-state index in [1.54, 1.807) is 0 Å². The summed E-state index contributed by atoms with van der Waals surface area (Å²) in [7, 11) is 0. The van der Waals surface area contributed by atoms with Gasteiger partial charge >= 0.3 is 12.1 Å². The molecule has 1 aromatic carbocycles. The van der Waals surface area contributed by atoms with Crippen molar-refractivity contribution in [2.75, 3.05) is 6.61 Å². The smallest absolute Gasteiger partial charge is 0.419 e. The molecule has 0 atom stereocenters. The van der Waals surface area contributed by atoms with Crippen molar-refractivity contribution < 1.29 is 32.3 Å². The van der Waals surface area contributed by atoms with E-state index < -0.39 is 17.7 Å². The molecule has 0 radical (unpaired) electrons. The van der Waals surface area contributed by atoms with Gasteiger partial charge in [0.1, 0.15) is 5.75 Å². The van der Waals surface area contributed by atoms with Gasteiger partial charge in [0.15, 0.2) is 0 Å². The van der Waals surface area contributed by atoms with Gasteiger partial charge in [0, 0.05) is 11.1 Å². The van der Waals surface area contributed by atoms with Gasteiger partial charge in [-0.1, -0.05) is 25.1 Å². The normalized spacial score (nSPS) is 11.4. The number of benzene rings is 1. The van der Waals surface area contributed by atoms with Gasteiger partial charge in [-0.25, -0.2) is 4.79 Å². The van der Waals surface area contributed by atoms with Gasteiger partial charge in [0.25, 0.3) is 0 Å². The van der Waals surface area contributed by atoms with E-state index in [1.807, 2.05) is 6.92 Å². The minimum atomic E-state index is -4.61. The molecule has 0 unspecified atom stereocenters. The average Bonchev–Trinajstić information content (AvgIpc) is 3.02. The highest BCUT2D eigenvalue weighted by atomic mass is 19.4. The molecule has 0 aliphatic rings. The maximum absolute atomic E-state index is 13.3. The number of nitrogens with zero attached hydrogens (tertiary/aromatic N) is 2. The summed E-state index contributed by atoms with van der Waals surface area (Å²) in [6.45, 7) is 5.42. The van der Waals surface area contributed by atoms with E-state index in [0.717, 1.165) is 12.5 Å². The zero-order valence-corrected chi connectivity index (χ0v) is 14.0. The summed E-state index contributed by atoms with van der Waals surface area (Å²) in [6, 6.07) is 3.47. The average molecular weight is 370 g/mol. The first-order valence-electron chi connectivity index (χ1n) is 7.80. The van der Waals surface area contributed by atoms with Crippen LogP contribution in [0.5, 0.6) is 5.75 Å². The number of ether oxygens (including phenoxy) is 1. The Kier molecular flexibility index (Phi) is 6.01. The number of hydrogen-bond acceptors (Lipinski definition) is 5. The maximum Gasteiger partial charge on any atom is 0.419 e. The molecule has 0 amide bonds. The van der Waals surface area contributed by atoms with Crippen molar-refractivity contribution in [2.45, 2.75) is 32.4 Å². The van der Waals surface area contributed by atoms with Gasteiger partial charge in [-0.2, -0.15) is 18.2 Å². The van der Waals surface area contributed by atoms with Gasteiger partial charge in [-0.15, -0.1) is 0 Å². The summed E-state index contributed by atoms with van der Waals surface area (Å²) in [5.41, 5.74) is -1.03. The number of alkyl halides is 3. The topological polar surface area (TPSA) is 85.5 Å². The van der Waals surface area contributed by atoms with E-state index in [9.17, 15) is 18.0 Å². The summed E-state index contributed by atoms with van der Waals surface area (Å²) in [5.74, 6) is -1.62. The number of aliphatic carboxylic acids is 1. The number of carbonyl (C=O) groups is 1. The fourth-order valence-corrected chi connectivity index (χ4v) is 2.05. The second kappa shape index (κ2) is 8.03. The van der Waals surface area contributed by atoms with E-state index >= 15 is 0 Å². The van der Waals surface area contributed by atoms with E-state index in [0.29, 0.717) is 6.42 Å². The summed E-state index contributed by atoms with van der Waals surface area (Å²) in [6.07, 6.45) is -3.37. The Labute approximate surface area is 147 Å². The molecule has 1 aromatic heterocycles. The SMILES string of the molecule is C=C(Cc1nc(-c2ccc(OCCCC)c(C(F)(F)F)c2)no1)C(=O)O. The lowest BCUT2D eigenvalue weighted by atomic mass is 10.1. The third-order valence-electron chi connectivity index (χ3n) is 3.43. The second-order valence-electron chi connectivity index (χ2n) is 5.51. The number of unbranched alkanes of at least 4 members (excludes halogenated alkanes) is 1. The van der Waals surface area contributed by atoms with Gasteiger partial charge in [0.05, 0.1) is 18.6 Å². The summed E-state index contributed by atoms with van der Waals surface area (Å²) < 4.78 is 50.0. The van der Waals surface area contributed by atoms with Crippen LogP contribution in [-0.2, 0) is 17.4 Å². The largest absolute Gasteiger partial charge is 0.493 e. The van der Waals surface area contributed by atoms with Crippen molar-refractivity contribution in [3.05, 3.63) is 41.8 Å². The first-order valence-corrected chi connectivity index (χ1v) is 7.80. The molecule has 0 saturated heterocycles. The zero-order chi connectivity index (χ0) is 19.3. The Bertz CT molecular complexity index is 800. The van der Waals surface area contributed by atoms with Crippen molar-refractivity contribution >= 4 is 5.97 Å². The Balaban J connectivity index is 2.28. The number of hydrogen-bond donors (Lipinski definition) is 1. The number of carboxylic acids is 1. The summed E-state index contributed by atoms with van der Waals surface area (Å²) in [4.78, 5) is 14.7. The van der Waals surface area contributed by atoms with Crippen LogP contribution < -0.4 is 4.74 Å². The predicted octanol–water partition coefficient (Wildman–Crippen LogP) is 4.12. The molecule has 26 heavy (non-hydrogen) atoms. The standard InChI is InChI=1S/C17H17F3N2O4/c1-3-4-7-25-13-6-5-11(9-12(13)17(18,19)20)15-21-14(26-22-15)8-10(2)16(23)24/h5-6,9H,2-4,7-8H2,1H3,(H,23,24). The predicted molar refractivity (Wildman–Crippen MR) is 85.6 cm³/mol. The molecule has 2 aromatic rings. The molecule has 0 aliphatic heterocycles. The highest BCUT2D eigenvalue weighted by molar-refractivity contribution is 5.86. The van der Waals surface area contributed by atoms with Crippen molar-refractivity contribution in [1.29, 1.82) is 0 Å². The number of carboxylic acid groups (broad SMARTS) is 1. The highest BCUT2D eigenvalue weighted by Crippen LogP contribution is 2.38. The minimum absolute atomic E-state index is 0.0516. The Morgan fingerprint density at radius 2 is 2.12 bits per heavy atom. The lowest BCUT2D eigenvalue weighted by molar-refractivity contribution is -0.139. The van der Waals surface area contributed by atoms with Crippen LogP contribution in [0.1, 0.15) is 31.2 Å². The van der Waals surface area contributed by atoms with Crippen LogP contribution in [0.3, 0.4) is 0 Å². The Hall–Kier alpha value is -2.84. The first-order chi connectivity index (χ1) is 12.2. The minimum Gasteiger partial charge on any atom is -0.493 e. The van der Waals surface area contributed by atoms with E-state index in [4.69, 9.17) is 14.4 Å². The molecule has 0 bridgehead atoms. The monoisotopic (exact) mass is 370 g/mol. The van der Waals surface area contributed by atoms with Gasteiger partial charge in [-0.3, -0.25) is 0 Å². The summed E-state index contributed by atoms with van der Waals surface area (Å²) >= 11 is 0. The zero-order valence-electron chi connectivity index (χ0n) is 14.0. The molecule has 1 heterocycles. The maximum atomic E-state index is 13.3. The highest BCUT2D eigenvalue weighted by Gasteiger charge is 2.35. The fraction of sp³-hybridized carbons (Fsp3) is 0.353. The molecule has 0 fully saturated rings. The van der Waals surface area contributed by atoms with Crippen LogP contribution >= 0.6 is 0 Å². The van der Waals surface area contributed by atoms with E-state index in [1.165, 1.54) is 12.1 Å². The lowest BCUT2D eigenvalue weighted by Crippen LogP contribution is -2.09. The first kappa shape index (κ1) is 19.5. The summed E-state index contributed by atoms with van der Waals surface area (Å²) in [5, 5.41) is 12.4. The number of halogens is 3. The van der Waals surface area contributed by atoms with Crippen LogP contribution in [0, 0.1) is 0 Å². The van der Waals surface area contributed by atoms with Gasteiger partial charge in [0.2, 0.25) is 11.7 Å². The van der Waals surface area contributed by atoms with Gasteiger partial charge in [-0.05, 0) is 24.6 Å². The lowest BCUT2D eigenvalue weighted by Gasteiger charge is -2.14. The molecule has 9 heteroatoms. The Morgan fingerprint density at radius 3 is 2.73 bits per heavy atom. The Morgan fingerprint density at radius 1 is 1.38 bits per heavy atom. The third kappa shape index (κ3) is 4.84. The molecular weight excluding hydrogens is 353 g/mol. The molecule has 1 N–H and O–H groups in total. The number of rotatable bonds is 8. The quantitative estimate of drug-likeness (QED) is 0.556. The van der Waals surface area contributed by atoms with Crippen molar-refractivity contribution in [1.82, 2.24) is 10.1 Å². The molecule has 6 nitrogen and oxygen atoms in total. The van der Waals surface area contributed by atoms with Crippen LogP contribution in [0.4, 0.5) is 13.2 Å². The molecule has 140 valence electrons. The molecule has 0 saturated carbocycles. The van der Waals surface area contributed by atoms with Crippen LogP contribution in [0.2, 0.25) is 0 Å². The van der Waals surface area contributed by atoms with E-state index in [2.05, 4.69) is 16.7 Å². The fourth-order valence-electron chi connectivity index (χ4n) is 2.05. The van der Waals surface area contributed by atoms with Crippen LogP contribution in [0.15, 0.2) is 34.9 Å². The van der Waals surface area contributed by atoms with Crippen LogP contribution in [-0.4, -0.2) is 27.8 Å². The van der Waals surface area contributed by atoms with E-state index in [-0.39, 0.29) is 41.6 Å². The molecule has 0 spiro atoms. The van der Waals surface area contributed by atoms with Crippen LogP contribution in [0.25, 0.3) is 11.4 Å². The molecule has 0 aliphatic carbocycles. The molecule has 2 rings (SSSR count).